The summed E-state index contributed by atoms with van der Waals surface area (Å²) in [5, 5.41) is 13.6. The molecule has 1 atom stereocenters. The first kappa shape index (κ1) is 30.1. The average molecular weight is 598 g/mol. The van der Waals surface area contributed by atoms with Gasteiger partial charge in [-0.15, -0.1) is 11.3 Å². The highest BCUT2D eigenvalue weighted by Crippen LogP contribution is 2.32. The number of anilines is 1. The molecule has 0 bridgehead atoms. The molecule has 10 heteroatoms. The number of aromatic nitrogens is 3. The van der Waals surface area contributed by atoms with Gasteiger partial charge in [0.2, 0.25) is 5.95 Å². The lowest BCUT2D eigenvalue weighted by Gasteiger charge is -2.31. The summed E-state index contributed by atoms with van der Waals surface area (Å²) < 4.78 is 27.1. The Morgan fingerprint density at radius 2 is 1.93 bits per heavy atom. The Hall–Kier alpha value is -2.40. The molecule has 1 fully saturated rings. The molecule has 8 nitrogen and oxygen atoms in total. The third kappa shape index (κ3) is 7.91. The first-order valence-electron chi connectivity index (χ1n) is 14.9. The van der Waals surface area contributed by atoms with Gasteiger partial charge in [0.15, 0.2) is 9.84 Å². The lowest BCUT2D eigenvalue weighted by Crippen LogP contribution is -2.40. The fourth-order valence-electron chi connectivity index (χ4n) is 5.75. The van der Waals surface area contributed by atoms with Crippen molar-refractivity contribution in [1.29, 1.82) is 0 Å². The highest BCUT2D eigenvalue weighted by molar-refractivity contribution is 7.92. The Morgan fingerprint density at radius 3 is 2.63 bits per heavy atom. The van der Waals surface area contributed by atoms with E-state index in [1.807, 2.05) is 18.5 Å². The van der Waals surface area contributed by atoms with Crippen molar-refractivity contribution >= 4 is 42.9 Å². The van der Waals surface area contributed by atoms with Gasteiger partial charge in [-0.05, 0) is 93.2 Å². The number of nitrogens with zero attached hydrogens (tertiary/aromatic N) is 4. The van der Waals surface area contributed by atoms with Crippen molar-refractivity contribution in [1.82, 2.24) is 20.3 Å². The van der Waals surface area contributed by atoms with Gasteiger partial charge in [-0.2, -0.15) is 0 Å². The van der Waals surface area contributed by atoms with Crippen LogP contribution in [0.25, 0.3) is 15.8 Å². The molecule has 2 aromatic heterocycles. The molecule has 1 aromatic carbocycles. The van der Waals surface area contributed by atoms with E-state index in [1.54, 1.807) is 25.2 Å². The third-order valence-electron chi connectivity index (χ3n) is 8.09. The monoisotopic (exact) mass is 597 g/mol. The quantitative estimate of drug-likeness (QED) is 0.312. The number of rotatable bonds is 11. The van der Waals surface area contributed by atoms with Crippen molar-refractivity contribution in [3.63, 3.8) is 0 Å². The summed E-state index contributed by atoms with van der Waals surface area (Å²) in [5.41, 5.74) is 3.49. The number of sulfone groups is 1. The Morgan fingerprint density at radius 1 is 1.17 bits per heavy atom. The predicted molar refractivity (Wildman–Crippen MR) is 168 cm³/mol. The van der Waals surface area contributed by atoms with Crippen LogP contribution in [0.2, 0.25) is 0 Å². The second kappa shape index (κ2) is 12.9. The molecule has 3 aromatic rings. The fourth-order valence-corrected chi connectivity index (χ4v) is 8.42. The number of aliphatic hydroxyl groups is 1. The Labute approximate surface area is 248 Å². The lowest BCUT2D eigenvalue weighted by molar-refractivity contribution is 0.0705. The molecule has 1 saturated heterocycles. The summed E-state index contributed by atoms with van der Waals surface area (Å²) >= 11 is 1.76. The predicted octanol–water partition coefficient (Wildman–Crippen LogP) is 5.17. The smallest absolute Gasteiger partial charge is 0.225 e. The third-order valence-corrected chi connectivity index (χ3v) is 11.1. The minimum atomic E-state index is -3.35. The molecule has 0 spiro atoms. The number of hydrogen-bond donors (Lipinski definition) is 2. The summed E-state index contributed by atoms with van der Waals surface area (Å²) in [4.78, 5) is 16.4. The summed E-state index contributed by atoms with van der Waals surface area (Å²) in [6.07, 6.45) is 12.8. The van der Waals surface area contributed by atoms with Crippen molar-refractivity contribution in [2.24, 2.45) is 5.92 Å². The van der Waals surface area contributed by atoms with Crippen LogP contribution in [-0.2, 0) is 22.7 Å². The van der Waals surface area contributed by atoms with Crippen molar-refractivity contribution in [2.45, 2.75) is 83.1 Å². The first-order chi connectivity index (χ1) is 19.6. The van der Waals surface area contributed by atoms with Crippen LogP contribution in [0.5, 0.6) is 0 Å². The summed E-state index contributed by atoms with van der Waals surface area (Å²) in [7, 11) is -3.35. The molecular formula is C31H43N5O3S2. The average Bonchev–Trinajstić information content (AvgIpc) is 3.35. The van der Waals surface area contributed by atoms with Crippen LogP contribution >= 0.6 is 11.3 Å². The van der Waals surface area contributed by atoms with E-state index in [2.05, 4.69) is 45.3 Å². The summed E-state index contributed by atoms with van der Waals surface area (Å²) in [6, 6.07) is 6.32. The van der Waals surface area contributed by atoms with Gasteiger partial charge >= 0.3 is 0 Å². The van der Waals surface area contributed by atoms with E-state index >= 15 is 0 Å². The fraction of sp³-hybridized carbons (Fsp3) is 0.581. The van der Waals surface area contributed by atoms with Gasteiger partial charge in [0.1, 0.15) is 5.37 Å². The normalized spacial score (nSPS) is 19.1. The molecule has 2 aliphatic heterocycles. The lowest BCUT2D eigenvalue weighted by atomic mass is 9.94. The molecule has 0 aliphatic carbocycles. The van der Waals surface area contributed by atoms with E-state index in [0.717, 1.165) is 78.9 Å². The molecule has 222 valence electrons. The molecule has 4 heterocycles. The van der Waals surface area contributed by atoms with E-state index in [-0.39, 0.29) is 5.75 Å². The van der Waals surface area contributed by atoms with E-state index in [1.165, 1.54) is 10.6 Å². The van der Waals surface area contributed by atoms with Crippen molar-refractivity contribution in [2.75, 3.05) is 30.3 Å². The highest BCUT2D eigenvalue weighted by Gasteiger charge is 2.27. The molecule has 2 aliphatic rings. The number of aryl methyl sites for hydroxylation is 1. The van der Waals surface area contributed by atoms with Crippen LogP contribution in [0.4, 0.5) is 5.95 Å². The number of thiazole rings is 1. The van der Waals surface area contributed by atoms with E-state index in [4.69, 9.17) is 4.98 Å². The number of piperidine rings is 1. The SMILES string of the molecule is CCCc1cnc(N2CCC(Cc3nc4ccc(C5=CC(S(=O)(=O)CCCC(C)(C)O)NCC5)cc4s3)CC2)nc1. The van der Waals surface area contributed by atoms with Gasteiger partial charge in [0, 0.05) is 38.4 Å². The molecular weight excluding hydrogens is 555 g/mol. The number of nitrogens with one attached hydrogen (secondary N) is 1. The standard InChI is InChI=1S/C31H43N5O3S2/c1-4-6-23-20-33-30(34-21-23)36-14-10-22(11-15-36)17-28-35-26-8-7-24(18-27(26)40-28)25-9-13-32-29(19-25)41(38,39)16-5-12-31(2,3)37/h7-8,18-22,29,32,37H,4-6,9-17H2,1-3H3. The molecule has 0 radical (unpaired) electrons. The maximum atomic E-state index is 13.0. The van der Waals surface area contributed by atoms with E-state index < -0.39 is 20.8 Å². The zero-order chi connectivity index (χ0) is 29.0. The second-order valence-electron chi connectivity index (χ2n) is 12.2. The Balaban J connectivity index is 1.20. The van der Waals surface area contributed by atoms with Gasteiger partial charge < -0.3 is 10.0 Å². The molecule has 2 N–H and O–H groups in total. The van der Waals surface area contributed by atoms with Crippen LogP contribution in [-0.4, -0.2) is 64.8 Å². The van der Waals surface area contributed by atoms with Gasteiger partial charge in [-0.25, -0.2) is 23.4 Å². The molecule has 0 amide bonds. The highest BCUT2D eigenvalue weighted by atomic mass is 32.2. The second-order valence-corrected chi connectivity index (χ2v) is 15.5. The van der Waals surface area contributed by atoms with E-state index in [9.17, 15) is 13.5 Å². The molecule has 1 unspecified atom stereocenters. The molecule has 5 rings (SSSR count). The van der Waals surface area contributed by atoms with Crippen molar-refractivity contribution < 1.29 is 13.5 Å². The van der Waals surface area contributed by atoms with Gasteiger partial charge in [-0.3, -0.25) is 5.32 Å². The number of benzene rings is 1. The maximum Gasteiger partial charge on any atom is 0.225 e. The maximum absolute atomic E-state index is 13.0. The minimum absolute atomic E-state index is 0.0624. The van der Waals surface area contributed by atoms with Crippen LogP contribution in [0, 0.1) is 5.92 Å². The molecule has 0 saturated carbocycles. The Kier molecular flexibility index (Phi) is 9.43. The van der Waals surface area contributed by atoms with Crippen molar-refractivity contribution in [3.8, 4) is 0 Å². The van der Waals surface area contributed by atoms with Gasteiger partial charge in [-0.1, -0.05) is 19.4 Å². The number of hydrogen-bond acceptors (Lipinski definition) is 9. The largest absolute Gasteiger partial charge is 0.390 e. The van der Waals surface area contributed by atoms with Crippen LogP contribution in [0.15, 0.2) is 36.7 Å². The summed E-state index contributed by atoms with van der Waals surface area (Å²) in [6.45, 7) is 8.16. The van der Waals surface area contributed by atoms with Gasteiger partial charge in [0.05, 0.1) is 26.6 Å². The zero-order valence-electron chi connectivity index (χ0n) is 24.5. The molecule has 41 heavy (non-hydrogen) atoms. The van der Waals surface area contributed by atoms with Crippen LogP contribution < -0.4 is 10.2 Å². The van der Waals surface area contributed by atoms with Crippen LogP contribution in [0.3, 0.4) is 0 Å². The van der Waals surface area contributed by atoms with Crippen molar-refractivity contribution in [3.05, 3.63) is 52.8 Å². The van der Waals surface area contributed by atoms with Crippen LogP contribution in [0.1, 0.15) is 75.4 Å². The van der Waals surface area contributed by atoms with E-state index in [0.29, 0.717) is 25.3 Å². The van der Waals surface area contributed by atoms with Gasteiger partial charge in [0.25, 0.3) is 0 Å². The topological polar surface area (TPSA) is 108 Å². The summed E-state index contributed by atoms with van der Waals surface area (Å²) in [5.74, 6) is 1.50. The number of fused-ring (bicyclic) bond motifs is 1. The first-order valence-corrected chi connectivity index (χ1v) is 17.5. The minimum Gasteiger partial charge on any atom is -0.390 e. The zero-order valence-corrected chi connectivity index (χ0v) is 26.1. The Bertz CT molecular complexity index is 1450.